The van der Waals surface area contributed by atoms with E-state index in [2.05, 4.69) is 10.3 Å². The van der Waals surface area contributed by atoms with Crippen LogP contribution in [0.5, 0.6) is 0 Å². The molecular weight excluding hydrogens is 371 g/mol. The summed E-state index contributed by atoms with van der Waals surface area (Å²) >= 11 is 7.44. The van der Waals surface area contributed by atoms with Gasteiger partial charge < -0.3 is 5.32 Å². The zero-order valence-electron chi connectivity index (χ0n) is 13.4. The fourth-order valence-corrected chi connectivity index (χ4v) is 3.68. The van der Waals surface area contributed by atoms with Crippen molar-refractivity contribution in [3.05, 3.63) is 82.4 Å². The maximum atomic E-state index is 13.1. The largest absolute Gasteiger partial charge is 0.322 e. The molecule has 2 heterocycles. The second-order valence-corrected chi connectivity index (χ2v) is 7.35. The Hall–Kier alpha value is -2.76. The van der Waals surface area contributed by atoms with E-state index in [1.165, 1.54) is 35.6 Å². The first-order valence-electron chi connectivity index (χ1n) is 7.82. The highest BCUT2D eigenvalue weighted by Crippen LogP contribution is 2.32. The van der Waals surface area contributed by atoms with Crippen LogP contribution in [0, 0.1) is 5.82 Å². The van der Waals surface area contributed by atoms with E-state index in [1.54, 1.807) is 12.1 Å². The number of carbonyl (C=O) groups excluding carboxylic acids is 1. The molecule has 4 rings (SSSR count). The zero-order chi connectivity index (χ0) is 18.1. The molecule has 0 saturated heterocycles. The molecule has 0 fully saturated rings. The molecule has 0 saturated carbocycles. The van der Waals surface area contributed by atoms with Crippen LogP contribution in [0.2, 0.25) is 4.34 Å². The summed E-state index contributed by atoms with van der Waals surface area (Å²) in [6, 6.07) is 18.6. The van der Waals surface area contributed by atoms with Crippen molar-refractivity contribution in [1.29, 1.82) is 0 Å². The summed E-state index contributed by atoms with van der Waals surface area (Å²) in [5.41, 5.74) is 2.43. The first kappa shape index (κ1) is 16.7. The average Bonchev–Trinajstić information content (AvgIpc) is 3.09. The van der Waals surface area contributed by atoms with Gasteiger partial charge in [0, 0.05) is 11.1 Å². The van der Waals surface area contributed by atoms with E-state index in [0.717, 1.165) is 15.8 Å². The highest BCUT2D eigenvalue weighted by atomic mass is 35.5. The van der Waals surface area contributed by atoms with Crippen molar-refractivity contribution >= 4 is 45.4 Å². The number of hydrogen-bond acceptors (Lipinski definition) is 3. The van der Waals surface area contributed by atoms with E-state index >= 15 is 0 Å². The second kappa shape index (κ2) is 6.86. The first-order valence-corrected chi connectivity index (χ1v) is 9.02. The van der Waals surface area contributed by atoms with Gasteiger partial charge in [0.2, 0.25) is 0 Å². The van der Waals surface area contributed by atoms with Crippen LogP contribution in [0.4, 0.5) is 10.1 Å². The lowest BCUT2D eigenvalue weighted by atomic mass is 10.1. The second-order valence-electron chi connectivity index (χ2n) is 5.64. The van der Waals surface area contributed by atoms with E-state index in [1.807, 2.05) is 30.3 Å². The summed E-state index contributed by atoms with van der Waals surface area (Å²) in [5.74, 6) is -0.631. The van der Waals surface area contributed by atoms with Gasteiger partial charge >= 0.3 is 0 Å². The minimum absolute atomic E-state index is 0.279. The Morgan fingerprint density at radius 2 is 1.81 bits per heavy atom. The van der Waals surface area contributed by atoms with E-state index in [9.17, 15) is 9.18 Å². The summed E-state index contributed by atoms with van der Waals surface area (Å²) < 4.78 is 13.7. The Morgan fingerprint density at radius 1 is 1.04 bits per heavy atom. The molecule has 4 aromatic rings. The van der Waals surface area contributed by atoms with Gasteiger partial charge in [-0.1, -0.05) is 29.8 Å². The molecule has 2 aromatic carbocycles. The number of anilines is 1. The SMILES string of the molecule is O=C(Nc1ccc(F)cc1)c1cc(-c2ccc(Cl)s2)nc2ccccc12. The number of rotatable bonds is 3. The number of benzene rings is 2. The normalized spacial score (nSPS) is 10.8. The minimum Gasteiger partial charge on any atom is -0.322 e. The molecule has 2 aromatic heterocycles. The summed E-state index contributed by atoms with van der Waals surface area (Å²) in [7, 11) is 0. The molecule has 1 amide bonds. The van der Waals surface area contributed by atoms with Gasteiger partial charge in [0.05, 0.1) is 26.0 Å². The van der Waals surface area contributed by atoms with Crippen molar-refractivity contribution < 1.29 is 9.18 Å². The van der Waals surface area contributed by atoms with Gasteiger partial charge in [-0.2, -0.15) is 0 Å². The Bertz CT molecular complexity index is 1110. The van der Waals surface area contributed by atoms with E-state index in [4.69, 9.17) is 11.6 Å². The number of nitrogens with zero attached hydrogens (tertiary/aromatic N) is 1. The van der Waals surface area contributed by atoms with Crippen molar-refractivity contribution in [3.63, 3.8) is 0 Å². The molecule has 0 unspecified atom stereocenters. The maximum absolute atomic E-state index is 13.1. The number of thiophene rings is 1. The Morgan fingerprint density at radius 3 is 2.54 bits per heavy atom. The Kier molecular flexibility index (Phi) is 4.41. The molecule has 0 radical (unpaired) electrons. The minimum atomic E-state index is -0.353. The Labute approximate surface area is 158 Å². The molecule has 1 N–H and O–H groups in total. The topological polar surface area (TPSA) is 42.0 Å². The van der Waals surface area contributed by atoms with Crippen LogP contribution in [0.3, 0.4) is 0 Å². The number of amides is 1. The molecule has 6 heteroatoms. The lowest BCUT2D eigenvalue weighted by Crippen LogP contribution is -2.13. The van der Waals surface area contributed by atoms with Crippen LogP contribution in [0.15, 0.2) is 66.7 Å². The van der Waals surface area contributed by atoms with Crippen LogP contribution in [-0.4, -0.2) is 10.9 Å². The van der Waals surface area contributed by atoms with Crippen LogP contribution in [0.1, 0.15) is 10.4 Å². The number of aromatic nitrogens is 1. The number of para-hydroxylation sites is 1. The fraction of sp³-hybridized carbons (Fsp3) is 0. The molecule has 128 valence electrons. The van der Waals surface area contributed by atoms with Gasteiger partial charge in [0.25, 0.3) is 5.91 Å². The third-order valence-electron chi connectivity index (χ3n) is 3.89. The molecule has 0 bridgehead atoms. The van der Waals surface area contributed by atoms with Gasteiger partial charge in [0.1, 0.15) is 5.82 Å². The van der Waals surface area contributed by atoms with Crippen molar-refractivity contribution in [2.75, 3.05) is 5.32 Å². The van der Waals surface area contributed by atoms with Crippen LogP contribution in [-0.2, 0) is 0 Å². The van der Waals surface area contributed by atoms with Crippen molar-refractivity contribution in [2.45, 2.75) is 0 Å². The predicted molar refractivity (Wildman–Crippen MR) is 104 cm³/mol. The number of fused-ring (bicyclic) bond motifs is 1. The monoisotopic (exact) mass is 382 g/mol. The highest BCUT2D eigenvalue weighted by Gasteiger charge is 2.15. The molecule has 0 aliphatic carbocycles. The molecule has 0 atom stereocenters. The lowest BCUT2D eigenvalue weighted by molar-refractivity contribution is 0.102. The molecule has 3 nitrogen and oxygen atoms in total. The van der Waals surface area contributed by atoms with Crippen LogP contribution < -0.4 is 5.32 Å². The zero-order valence-corrected chi connectivity index (χ0v) is 14.9. The fourth-order valence-electron chi connectivity index (χ4n) is 2.67. The summed E-state index contributed by atoms with van der Waals surface area (Å²) in [5, 5.41) is 3.55. The molecule has 0 aliphatic heterocycles. The number of hydrogen-bond donors (Lipinski definition) is 1. The first-order chi connectivity index (χ1) is 12.6. The third-order valence-corrected chi connectivity index (χ3v) is 5.14. The van der Waals surface area contributed by atoms with Crippen LogP contribution in [0.25, 0.3) is 21.5 Å². The third kappa shape index (κ3) is 3.31. The van der Waals surface area contributed by atoms with Gasteiger partial charge in [-0.15, -0.1) is 11.3 Å². The standard InChI is InChI=1S/C20H12ClFN2OS/c21-19-10-9-18(26-19)17-11-15(14-3-1-2-4-16(14)24-17)20(25)23-13-7-5-12(22)6-8-13/h1-11H,(H,23,25). The lowest BCUT2D eigenvalue weighted by Gasteiger charge is -2.10. The summed E-state index contributed by atoms with van der Waals surface area (Å²) in [6.07, 6.45) is 0. The van der Waals surface area contributed by atoms with Gasteiger partial charge in [-0.25, -0.2) is 9.37 Å². The maximum Gasteiger partial charge on any atom is 0.256 e. The van der Waals surface area contributed by atoms with Crippen molar-refractivity contribution in [1.82, 2.24) is 4.98 Å². The Balaban J connectivity index is 1.79. The smallest absolute Gasteiger partial charge is 0.256 e. The van der Waals surface area contributed by atoms with E-state index in [0.29, 0.717) is 21.3 Å². The summed E-state index contributed by atoms with van der Waals surface area (Å²) in [6.45, 7) is 0. The van der Waals surface area contributed by atoms with Gasteiger partial charge in [-0.05, 0) is 48.5 Å². The van der Waals surface area contributed by atoms with Crippen LogP contribution >= 0.6 is 22.9 Å². The van der Waals surface area contributed by atoms with E-state index in [-0.39, 0.29) is 11.7 Å². The molecule has 26 heavy (non-hydrogen) atoms. The average molecular weight is 383 g/mol. The van der Waals surface area contributed by atoms with Gasteiger partial charge in [0.15, 0.2) is 0 Å². The van der Waals surface area contributed by atoms with E-state index < -0.39 is 0 Å². The molecule has 0 spiro atoms. The number of halogens is 2. The van der Waals surface area contributed by atoms with Crippen molar-refractivity contribution in [3.8, 4) is 10.6 Å². The number of pyridine rings is 1. The number of carbonyl (C=O) groups is 1. The van der Waals surface area contributed by atoms with Crippen molar-refractivity contribution in [2.24, 2.45) is 0 Å². The number of nitrogens with one attached hydrogen (secondary N) is 1. The molecular formula is C20H12ClFN2OS. The molecule has 0 aliphatic rings. The summed E-state index contributed by atoms with van der Waals surface area (Å²) in [4.78, 5) is 18.4. The quantitative estimate of drug-likeness (QED) is 0.471. The van der Waals surface area contributed by atoms with Gasteiger partial charge in [-0.3, -0.25) is 4.79 Å². The highest BCUT2D eigenvalue weighted by molar-refractivity contribution is 7.19. The predicted octanol–water partition coefficient (Wildman–Crippen LogP) is 6.01.